The van der Waals surface area contributed by atoms with Crippen molar-refractivity contribution in [3.8, 4) is 0 Å². The summed E-state index contributed by atoms with van der Waals surface area (Å²) in [6, 6.07) is 2.35. The van der Waals surface area contributed by atoms with E-state index in [4.69, 9.17) is 5.73 Å². The normalized spacial score (nSPS) is 14.5. The van der Waals surface area contributed by atoms with Gasteiger partial charge < -0.3 is 11.1 Å². The third-order valence-corrected chi connectivity index (χ3v) is 3.61. The predicted octanol–water partition coefficient (Wildman–Crippen LogP) is 1.64. The Morgan fingerprint density at radius 2 is 2.10 bits per heavy atom. The number of carbonyl (C=O) groups excluding carboxylic acids is 1. The Labute approximate surface area is 121 Å². The van der Waals surface area contributed by atoms with E-state index in [2.05, 4.69) is 30.3 Å². The van der Waals surface area contributed by atoms with Gasteiger partial charge in [0.1, 0.15) is 0 Å². The fraction of sp³-hybridized carbons (Fsp3) is 0.733. The first kappa shape index (κ1) is 16.7. The molecular formula is C15H28N4O. The molecule has 0 aliphatic rings. The average Bonchev–Trinajstić information content (AvgIpc) is 2.77. The van der Waals surface area contributed by atoms with E-state index >= 15 is 0 Å². The lowest BCUT2D eigenvalue weighted by Crippen LogP contribution is -2.56. The molecule has 1 amide bonds. The van der Waals surface area contributed by atoms with Crippen LogP contribution in [-0.2, 0) is 24.2 Å². The lowest BCUT2D eigenvalue weighted by atomic mass is 9.96. The molecule has 1 unspecified atom stereocenters. The summed E-state index contributed by atoms with van der Waals surface area (Å²) in [7, 11) is 0. The number of nitrogens with one attached hydrogen (secondary N) is 1. The Kier molecular flexibility index (Phi) is 5.74. The molecule has 1 atom stereocenters. The third kappa shape index (κ3) is 4.07. The molecule has 5 heteroatoms. The van der Waals surface area contributed by atoms with E-state index in [1.165, 1.54) is 5.69 Å². The Morgan fingerprint density at radius 1 is 1.45 bits per heavy atom. The molecule has 0 aliphatic carbocycles. The van der Waals surface area contributed by atoms with Crippen molar-refractivity contribution in [2.45, 2.75) is 72.0 Å². The van der Waals surface area contributed by atoms with Crippen LogP contribution >= 0.6 is 0 Å². The van der Waals surface area contributed by atoms with Crippen molar-refractivity contribution >= 4 is 5.91 Å². The molecular weight excluding hydrogens is 252 g/mol. The van der Waals surface area contributed by atoms with Crippen molar-refractivity contribution in [1.82, 2.24) is 15.1 Å². The minimum atomic E-state index is -0.697. The van der Waals surface area contributed by atoms with Crippen LogP contribution in [-0.4, -0.2) is 27.3 Å². The van der Waals surface area contributed by atoms with Crippen molar-refractivity contribution < 1.29 is 4.79 Å². The molecule has 5 nitrogen and oxygen atoms in total. The fourth-order valence-corrected chi connectivity index (χ4v) is 2.40. The molecule has 0 radical (unpaired) electrons. The number of carbonyl (C=O) groups is 1. The second kappa shape index (κ2) is 6.88. The van der Waals surface area contributed by atoms with Crippen LogP contribution in [0.25, 0.3) is 0 Å². The summed E-state index contributed by atoms with van der Waals surface area (Å²) in [6.45, 7) is 10.8. The number of nitrogens with zero attached hydrogens (tertiary/aromatic N) is 2. The van der Waals surface area contributed by atoms with Gasteiger partial charge in [-0.1, -0.05) is 13.8 Å². The van der Waals surface area contributed by atoms with Gasteiger partial charge in [-0.05, 0) is 46.1 Å². The molecule has 1 heterocycles. The number of aryl methyl sites for hydroxylation is 3. The maximum absolute atomic E-state index is 11.7. The zero-order valence-electron chi connectivity index (χ0n) is 13.4. The smallest absolute Gasteiger partial charge is 0.237 e. The Hall–Kier alpha value is -1.36. The maximum Gasteiger partial charge on any atom is 0.237 e. The van der Waals surface area contributed by atoms with Crippen LogP contribution < -0.4 is 11.1 Å². The number of hydrogen-bond donors (Lipinski definition) is 2. The molecule has 0 saturated heterocycles. The zero-order valence-corrected chi connectivity index (χ0v) is 13.4. The van der Waals surface area contributed by atoms with Crippen molar-refractivity contribution in [1.29, 1.82) is 0 Å². The van der Waals surface area contributed by atoms with Gasteiger partial charge in [0.25, 0.3) is 0 Å². The van der Waals surface area contributed by atoms with E-state index in [1.807, 2.05) is 25.5 Å². The molecule has 114 valence electrons. The van der Waals surface area contributed by atoms with Crippen LogP contribution in [0, 0.1) is 0 Å². The van der Waals surface area contributed by atoms with Crippen LogP contribution in [0.5, 0.6) is 0 Å². The number of hydrogen-bond acceptors (Lipinski definition) is 3. The Bertz CT molecular complexity index is 453. The summed E-state index contributed by atoms with van der Waals surface area (Å²) in [5, 5.41) is 7.85. The second-order valence-corrected chi connectivity index (χ2v) is 5.80. The van der Waals surface area contributed by atoms with Gasteiger partial charge in [-0.25, -0.2) is 0 Å². The largest absolute Gasteiger partial charge is 0.368 e. The van der Waals surface area contributed by atoms with E-state index in [0.717, 1.165) is 18.5 Å². The van der Waals surface area contributed by atoms with Crippen LogP contribution in [0.3, 0.4) is 0 Å². The number of rotatable bonds is 8. The van der Waals surface area contributed by atoms with Gasteiger partial charge in [-0.3, -0.25) is 9.48 Å². The number of primary amides is 1. The van der Waals surface area contributed by atoms with Crippen LogP contribution in [0.2, 0.25) is 0 Å². The second-order valence-electron chi connectivity index (χ2n) is 5.80. The monoisotopic (exact) mass is 280 g/mol. The lowest BCUT2D eigenvalue weighted by molar-refractivity contribution is -0.124. The fourth-order valence-electron chi connectivity index (χ4n) is 2.40. The number of amides is 1. The van der Waals surface area contributed by atoms with Gasteiger partial charge in [0, 0.05) is 18.3 Å². The van der Waals surface area contributed by atoms with Gasteiger partial charge in [0.05, 0.1) is 11.2 Å². The van der Waals surface area contributed by atoms with Gasteiger partial charge in [-0.15, -0.1) is 0 Å². The Morgan fingerprint density at radius 3 is 2.55 bits per heavy atom. The highest BCUT2D eigenvalue weighted by Gasteiger charge is 2.31. The van der Waals surface area contributed by atoms with Crippen molar-refractivity contribution in [2.75, 3.05) is 0 Å². The van der Waals surface area contributed by atoms with E-state index in [1.54, 1.807) is 0 Å². The summed E-state index contributed by atoms with van der Waals surface area (Å²) in [6.07, 6.45) is 2.51. The van der Waals surface area contributed by atoms with Crippen molar-refractivity contribution in [2.24, 2.45) is 5.73 Å². The molecule has 20 heavy (non-hydrogen) atoms. The van der Waals surface area contributed by atoms with Gasteiger partial charge in [0.2, 0.25) is 5.91 Å². The molecule has 1 aromatic rings. The van der Waals surface area contributed by atoms with Gasteiger partial charge in [-0.2, -0.15) is 5.10 Å². The highest BCUT2D eigenvalue weighted by molar-refractivity contribution is 5.84. The number of aromatic nitrogens is 2. The highest BCUT2D eigenvalue weighted by atomic mass is 16.1. The SMILES string of the molecule is CCc1cc(CC)n(CCC(C)(NC(C)C)C(N)=O)n1. The molecule has 1 rings (SSSR count). The summed E-state index contributed by atoms with van der Waals surface area (Å²) in [4.78, 5) is 11.7. The van der Waals surface area contributed by atoms with E-state index in [0.29, 0.717) is 13.0 Å². The first-order valence-corrected chi connectivity index (χ1v) is 7.45. The predicted molar refractivity (Wildman–Crippen MR) is 81.5 cm³/mol. The third-order valence-electron chi connectivity index (χ3n) is 3.61. The molecule has 3 N–H and O–H groups in total. The molecule has 0 aromatic carbocycles. The lowest BCUT2D eigenvalue weighted by Gasteiger charge is -2.30. The van der Waals surface area contributed by atoms with E-state index in [-0.39, 0.29) is 11.9 Å². The molecule has 1 aromatic heterocycles. The molecule has 0 fully saturated rings. The van der Waals surface area contributed by atoms with Crippen LogP contribution in [0.4, 0.5) is 0 Å². The van der Waals surface area contributed by atoms with Gasteiger partial charge in [0.15, 0.2) is 0 Å². The summed E-state index contributed by atoms with van der Waals surface area (Å²) in [5.41, 5.74) is 7.16. The number of nitrogens with two attached hydrogens (primary N) is 1. The average molecular weight is 280 g/mol. The minimum absolute atomic E-state index is 0.210. The first-order chi connectivity index (χ1) is 9.32. The quantitative estimate of drug-likeness (QED) is 0.760. The standard InChI is InChI=1S/C15H28N4O/c1-6-12-10-13(7-2)19(18-12)9-8-15(5,14(16)20)17-11(3)4/h10-11,17H,6-9H2,1-5H3,(H2,16,20). The zero-order chi connectivity index (χ0) is 15.3. The molecule has 0 saturated carbocycles. The highest BCUT2D eigenvalue weighted by Crippen LogP contribution is 2.14. The summed E-state index contributed by atoms with van der Waals surface area (Å²) < 4.78 is 2.00. The van der Waals surface area contributed by atoms with Crippen LogP contribution in [0.15, 0.2) is 6.07 Å². The minimum Gasteiger partial charge on any atom is -0.368 e. The first-order valence-electron chi connectivity index (χ1n) is 7.45. The summed E-state index contributed by atoms with van der Waals surface area (Å²) >= 11 is 0. The Balaban J connectivity index is 2.82. The summed E-state index contributed by atoms with van der Waals surface area (Å²) in [5.74, 6) is -0.313. The van der Waals surface area contributed by atoms with E-state index < -0.39 is 5.54 Å². The van der Waals surface area contributed by atoms with Gasteiger partial charge >= 0.3 is 0 Å². The topological polar surface area (TPSA) is 72.9 Å². The van der Waals surface area contributed by atoms with Crippen molar-refractivity contribution in [3.63, 3.8) is 0 Å². The molecule has 0 spiro atoms. The van der Waals surface area contributed by atoms with Crippen molar-refractivity contribution in [3.05, 3.63) is 17.5 Å². The van der Waals surface area contributed by atoms with Crippen LogP contribution in [0.1, 0.15) is 52.4 Å². The maximum atomic E-state index is 11.7. The molecule has 0 aliphatic heterocycles. The van der Waals surface area contributed by atoms with E-state index in [9.17, 15) is 4.79 Å². The molecule has 0 bridgehead atoms.